The lowest BCUT2D eigenvalue weighted by Gasteiger charge is -2.20. The van der Waals surface area contributed by atoms with Crippen LogP contribution in [0.4, 0.5) is 0 Å². The molecule has 0 saturated carbocycles. The maximum Gasteiger partial charge on any atom is 0.230 e. The number of carbonyl (C=O) groups excluding carboxylic acids is 1. The zero-order chi connectivity index (χ0) is 15.0. The van der Waals surface area contributed by atoms with Crippen molar-refractivity contribution in [3.63, 3.8) is 0 Å². The summed E-state index contributed by atoms with van der Waals surface area (Å²) in [5, 5.41) is 6.36. The zero-order valence-electron chi connectivity index (χ0n) is 13.0. The van der Waals surface area contributed by atoms with Crippen molar-refractivity contribution in [2.75, 3.05) is 12.3 Å². The Balaban J connectivity index is 2.44. The molecule has 1 aromatic rings. The second-order valence-corrected chi connectivity index (χ2v) is 6.96. The third kappa shape index (κ3) is 7.56. The topological polar surface area (TPSA) is 41.1 Å². The molecule has 1 aromatic carbocycles. The molecule has 0 aliphatic carbocycles. The van der Waals surface area contributed by atoms with Crippen LogP contribution in [-0.4, -0.2) is 23.7 Å². The van der Waals surface area contributed by atoms with Crippen LogP contribution in [0.3, 0.4) is 0 Å². The molecule has 0 aliphatic rings. The molecule has 4 heteroatoms. The lowest BCUT2D eigenvalue weighted by Crippen LogP contribution is -2.41. The minimum absolute atomic E-state index is 0.0806. The average molecular weight is 294 g/mol. The standard InChI is InChI=1S/C16H26N2OS/c1-5-9-17-11-13-7-6-8-14(10-13)20-12-15(19)18-16(2,3)4/h6-8,10,17H,5,9,11-12H2,1-4H3,(H,18,19). The van der Waals surface area contributed by atoms with E-state index in [0.717, 1.165) is 24.4 Å². The number of amides is 1. The quantitative estimate of drug-likeness (QED) is 0.599. The molecule has 0 radical (unpaired) electrons. The van der Waals surface area contributed by atoms with Gasteiger partial charge in [-0.05, 0) is 51.4 Å². The third-order valence-electron chi connectivity index (χ3n) is 2.54. The van der Waals surface area contributed by atoms with Crippen molar-refractivity contribution in [2.24, 2.45) is 0 Å². The molecule has 0 atom stereocenters. The highest BCUT2D eigenvalue weighted by molar-refractivity contribution is 8.00. The number of nitrogens with one attached hydrogen (secondary N) is 2. The van der Waals surface area contributed by atoms with E-state index in [0.29, 0.717) is 5.75 Å². The average Bonchev–Trinajstić information content (AvgIpc) is 2.35. The SMILES string of the molecule is CCCNCc1cccc(SCC(=O)NC(C)(C)C)c1. The van der Waals surface area contributed by atoms with E-state index in [9.17, 15) is 4.79 Å². The highest BCUT2D eigenvalue weighted by atomic mass is 32.2. The number of hydrogen-bond donors (Lipinski definition) is 2. The molecule has 112 valence electrons. The summed E-state index contributed by atoms with van der Waals surface area (Å²) in [6.45, 7) is 10.1. The van der Waals surface area contributed by atoms with Crippen molar-refractivity contribution in [1.29, 1.82) is 0 Å². The lowest BCUT2D eigenvalue weighted by molar-refractivity contribution is -0.119. The van der Waals surface area contributed by atoms with Gasteiger partial charge in [0.25, 0.3) is 0 Å². The second kappa shape index (κ2) is 8.32. The van der Waals surface area contributed by atoms with Crippen molar-refractivity contribution < 1.29 is 4.79 Å². The molecule has 0 heterocycles. The zero-order valence-corrected chi connectivity index (χ0v) is 13.8. The summed E-state index contributed by atoms with van der Waals surface area (Å²) in [5.41, 5.74) is 1.10. The van der Waals surface area contributed by atoms with Gasteiger partial charge in [0.15, 0.2) is 0 Å². The van der Waals surface area contributed by atoms with Crippen molar-refractivity contribution in [1.82, 2.24) is 10.6 Å². The molecule has 0 fully saturated rings. The first-order chi connectivity index (χ1) is 9.40. The minimum Gasteiger partial charge on any atom is -0.351 e. The van der Waals surface area contributed by atoms with Gasteiger partial charge in [-0.25, -0.2) is 0 Å². The van der Waals surface area contributed by atoms with Gasteiger partial charge < -0.3 is 10.6 Å². The van der Waals surface area contributed by atoms with Crippen LogP contribution in [-0.2, 0) is 11.3 Å². The number of carbonyl (C=O) groups is 1. The fraction of sp³-hybridized carbons (Fsp3) is 0.562. The van der Waals surface area contributed by atoms with Gasteiger partial charge in [-0.15, -0.1) is 11.8 Å². The van der Waals surface area contributed by atoms with E-state index in [2.05, 4.69) is 35.8 Å². The van der Waals surface area contributed by atoms with E-state index in [1.807, 2.05) is 26.8 Å². The van der Waals surface area contributed by atoms with Gasteiger partial charge in [-0.2, -0.15) is 0 Å². The summed E-state index contributed by atoms with van der Waals surface area (Å²) in [6.07, 6.45) is 1.14. The highest BCUT2D eigenvalue weighted by Crippen LogP contribution is 2.19. The summed E-state index contributed by atoms with van der Waals surface area (Å²) < 4.78 is 0. The van der Waals surface area contributed by atoms with E-state index >= 15 is 0 Å². The molecule has 3 nitrogen and oxygen atoms in total. The molecule has 20 heavy (non-hydrogen) atoms. The Morgan fingerprint density at radius 2 is 2.05 bits per heavy atom. The number of rotatable bonds is 7. The molecule has 1 rings (SSSR count). The van der Waals surface area contributed by atoms with Gasteiger partial charge in [0.1, 0.15) is 0 Å². The maximum absolute atomic E-state index is 11.8. The molecule has 0 bridgehead atoms. The van der Waals surface area contributed by atoms with Gasteiger partial charge in [0.05, 0.1) is 5.75 Å². The molecule has 1 amide bonds. The minimum atomic E-state index is -0.163. The fourth-order valence-electron chi connectivity index (χ4n) is 1.76. The summed E-state index contributed by atoms with van der Waals surface area (Å²) in [4.78, 5) is 12.9. The largest absolute Gasteiger partial charge is 0.351 e. The van der Waals surface area contributed by atoms with E-state index < -0.39 is 0 Å². The molecule has 0 spiro atoms. The molecule has 0 aliphatic heterocycles. The van der Waals surface area contributed by atoms with Crippen molar-refractivity contribution in [3.05, 3.63) is 29.8 Å². The summed E-state index contributed by atoms with van der Waals surface area (Å²) in [5.74, 6) is 0.542. The second-order valence-electron chi connectivity index (χ2n) is 5.91. The van der Waals surface area contributed by atoms with Crippen LogP contribution < -0.4 is 10.6 Å². The Bertz CT molecular complexity index is 427. The normalized spacial score (nSPS) is 11.4. The van der Waals surface area contributed by atoms with Gasteiger partial charge in [0.2, 0.25) is 5.91 Å². The van der Waals surface area contributed by atoms with Crippen LogP contribution in [0.15, 0.2) is 29.2 Å². The van der Waals surface area contributed by atoms with Crippen LogP contribution in [0.5, 0.6) is 0 Å². The Hall–Kier alpha value is -1.00. The summed E-state index contributed by atoms with van der Waals surface area (Å²) >= 11 is 1.58. The lowest BCUT2D eigenvalue weighted by atomic mass is 10.1. The van der Waals surface area contributed by atoms with Crippen molar-refractivity contribution in [2.45, 2.75) is 51.1 Å². The first kappa shape index (κ1) is 17.1. The first-order valence-electron chi connectivity index (χ1n) is 7.14. The molecule has 2 N–H and O–H groups in total. The Morgan fingerprint density at radius 1 is 1.30 bits per heavy atom. The predicted octanol–water partition coefficient (Wildman–Crippen LogP) is 3.19. The Labute approximate surface area is 126 Å². The molecule has 0 unspecified atom stereocenters. The van der Waals surface area contributed by atoms with Gasteiger partial charge in [-0.1, -0.05) is 19.1 Å². The third-order valence-corrected chi connectivity index (χ3v) is 3.53. The van der Waals surface area contributed by atoms with E-state index in [1.165, 1.54) is 5.56 Å². The van der Waals surface area contributed by atoms with E-state index in [-0.39, 0.29) is 11.4 Å². The van der Waals surface area contributed by atoms with Crippen LogP contribution >= 0.6 is 11.8 Å². The monoisotopic (exact) mass is 294 g/mol. The number of thioether (sulfide) groups is 1. The molecular weight excluding hydrogens is 268 g/mol. The van der Waals surface area contributed by atoms with Crippen molar-refractivity contribution >= 4 is 17.7 Å². The smallest absolute Gasteiger partial charge is 0.230 e. The van der Waals surface area contributed by atoms with Crippen LogP contribution in [0.1, 0.15) is 39.7 Å². The maximum atomic E-state index is 11.8. The Kier molecular flexibility index (Phi) is 7.10. The number of hydrogen-bond acceptors (Lipinski definition) is 3. The van der Waals surface area contributed by atoms with E-state index in [1.54, 1.807) is 11.8 Å². The van der Waals surface area contributed by atoms with Gasteiger partial charge >= 0.3 is 0 Å². The predicted molar refractivity (Wildman–Crippen MR) is 87.1 cm³/mol. The van der Waals surface area contributed by atoms with Crippen molar-refractivity contribution in [3.8, 4) is 0 Å². The van der Waals surface area contributed by atoms with Gasteiger partial charge in [0, 0.05) is 17.0 Å². The molecule has 0 aromatic heterocycles. The van der Waals surface area contributed by atoms with Crippen LogP contribution in [0.2, 0.25) is 0 Å². The molecular formula is C16H26N2OS. The van der Waals surface area contributed by atoms with E-state index in [4.69, 9.17) is 0 Å². The summed E-state index contributed by atoms with van der Waals surface area (Å²) in [7, 11) is 0. The van der Waals surface area contributed by atoms with Gasteiger partial charge in [-0.3, -0.25) is 4.79 Å². The van der Waals surface area contributed by atoms with Crippen LogP contribution in [0.25, 0.3) is 0 Å². The highest BCUT2D eigenvalue weighted by Gasteiger charge is 2.13. The van der Waals surface area contributed by atoms with Crippen LogP contribution in [0, 0.1) is 0 Å². The Morgan fingerprint density at radius 3 is 2.70 bits per heavy atom. The fourth-order valence-corrected chi connectivity index (χ4v) is 2.54. The number of benzene rings is 1. The summed E-state index contributed by atoms with van der Waals surface area (Å²) in [6, 6.07) is 8.37. The molecule has 0 saturated heterocycles. The first-order valence-corrected chi connectivity index (χ1v) is 8.13.